The molecule has 0 unspecified atom stereocenters. The molecule has 1 aromatic heterocycles. The number of anilines is 1. The largest absolute Gasteiger partial charge is 0.324 e. The van der Waals surface area contributed by atoms with Crippen LogP contribution >= 0.6 is 11.6 Å². The van der Waals surface area contributed by atoms with Crippen LogP contribution in [0.3, 0.4) is 0 Å². The Morgan fingerprint density at radius 1 is 1.36 bits per heavy atom. The third-order valence-corrected chi connectivity index (χ3v) is 3.87. The van der Waals surface area contributed by atoms with Crippen LogP contribution < -0.4 is 5.32 Å². The quantitative estimate of drug-likeness (QED) is 0.903. The number of hydrogen-bond acceptors (Lipinski definition) is 2. The molecule has 1 saturated carbocycles. The van der Waals surface area contributed by atoms with E-state index in [9.17, 15) is 13.6 Å². The topological polar surface area (TPSA) is 46.9 Å². The van der Waals surface area contributed by atoms with Gasteiger partial charge in [0.1, 0.15) is 12.2 Å². The maximum absolute atomic E-state index is 12.9. The van der Waals surface area contributed by atoms with Crippen molar-refractivity contribution >= 4 is 23.2 Å². The van der Waals surface area contributed by atoms with Gasteiger partial charge < -0.3 is 5.32 Å². The number of carbonyl (C=O) groups excluding carboxylic acids is 1. The Morgan fingerprint density at radius 2 is 2.05 bits per heavy atom. The van der Waals surface area contributed by atoms with E-state index >= 15 is 0 Å². The smallest absolute Gasteiger partial charge is 0.283 e. The molecular weight excluding hydrogens is 312 g/mol. The standard InChI is InChI=1S/C15H14ClF2N3O/c16-12-13(15(17)18)20-21(14(12)9-6-7-9)8-11(22)19-10-4-2-1-3-5-10/h1-5,9,15H,6-8H2,(H,19,22). The number of alkyl halides is 2. The number of carbonyl (C=O) groups is 1. The van der Waals surface area contributed by atoms with Gasteiger partial charge in [-0.3, -0.25) is 9.48 Å². The first-order valence-electron chi connectivity index (χ1n) is 6.95. The van der Waals surface area contributed by atoms with Gasteiger partial charge in [0.25, 0.3) is 6.43 Å². The average Bonchev–Trinajstić information content (AvgIpc) is 3.25. The Balaban J connectivity index is 1.79. The molecule has 1 fully saturated rings. The minimum absolute atomic E-state index is 0.00925. The zero-order chi connectivity index (χ0) is 15.7. The lowest BCUT2D eigenvalue weighted by Crippen LogP contribution is -2.20. The van der Waals surface area contributed by atoms with Crippen LogP contribution in [0.4, 0.5) is 14.5 Å². The number of hydrogen-bond donors (Lipinski definition) is 1. The summed E-state index contributed by atoms with van der Waals surface area (Å²) in [6, 6.07) is 8.93. The second kappa shape index (κ2) is 6.04. The second-order valence-corrected chi connectivity index (χ2v) is 5.61. The third-order valence-electron chi connectivity index (χ3n) is 3.48. The zero-order valence-electron chi connectivity index (χ0n) is 11.6. The van der Waals surface area contributed by atoms with Crippen molar-refractivity contribution in [3.63, 3.8) is 0 Å². The van der Waals surface area contributed by atoms with E-state index in [1.807, 2.05) is 6.07 Å². The highest BCUT2D eigenvalue weighted by Gasteiger charge is 2.34. The van der Waals surface area contributed by atoms with Crippen molar-refractivity contribution < 1.29 is 13.6 Å². The Bertz CT molecular complexity index is 684. The van der Waals surface area contributed by atoms with Crippen LogP contribution in [0, 0.1) is 0 Å². The normalized spacial score (nSPS) is 14.4. The molecule has 1 aliphatic rings. The highest BCUT2D eigenvalue weighted by molar-refractivity contribution is 6.32. The molecule has 2 aromatic rings. The number of aromatic nitrogens is 2. The van der Waals surface area contributed by atoms with E-state index in [1.54, 1.807) is 24.3 Å². The Labute approximate surface area is 131 Å². The SMILES string of the molecule is O=C(Cn1nc(C(F)F)c(Cl)c1C1CC1)Nc1ccccc1. The molecule has 0 atom stereocenters. The summed E-state index contributed by atoms with van der Waals surface area (Å²) in [5, 5.41) is 6.52. The van der Waals surface area contributed by atoms with Gasteiger partial charge in [-0.25, -0.2) is 8.78 Å². The van der Waals surface area contributed by atoms with Crippen molar-refractivity contribution in [1.82, 2.24) is 9.78 Å². The summed E-state index contributed by atoms with van der Waals surface area (Å²) in [6.07, 6.45) is -0.980. The van der Waals surface area contributed by atoms with Crippen LogP contribution in [-0.4, -0.2) is 15.7 Å². The van der Waals surface area contributed by atoms with E-state index < -0.39 is 12.1 Å². The molecule has 0 saturated heterocycles. The maximum atomic E-state index is 12.9. The second-order valence-electron chi connectivity index (χ2n) is 5.23. The van der Waals surface area contributed by atoms with Crippen LogP contribution in [0.2, 0.25) is 5.02 Å². The summed E-state index contributed by atoms with van der Waals surface area (Å²) in [7, 11) is 0. The number of nitrogens with one attached hydrogen (secondary N) is 1. The number of nitrogens with zero attached hydrogens (tertiary/aromatic N) is 2. The molecule has 1 aliphatic carbocycles. The van der Waals surface area contributed by atoms with Gasteiger partial charge in [-0.15, -0.1) is 0 Å². The molecule has 22 heavy (non-hydrogen) atoms. The lowest BCUT2D eigenvalue weighted by atomic mass is 10.2. The molecule has 1 amide bonds. The van der Waals surface area contributed by atoms with Gasteiger partial charge in [0.15, 0.2) is 0 Å². The van der Waals surface area contributed by atoms with Gasteiger partial charge >= 0.3 is 0 Å². The fraction of sp³-hybridized carbons (Fsp3) is 0.333. The Morgan fingerprint density at radius 3 is 2.64 bits per heavy atom. The van der Waals surface area contributed by atoms with Crippen LogP contribution in [0.25, 0.3) is 0 Å². The minimum atomic E-state index is -2.75. The summed E-state index contributed by atoms with van der Waals surface area (Å²) in [5.74, 6) is -0.204. The number of amides is 1. The molecule has 0 spiro atoms. The first kappa shape index (κ1) is 15.0. The summed E-state index contributed by atoms with van der Waals surface area (Å²) < 4.78 is 27.2. The molecule has 0 aliphatic heterocycles. The molecule has 116 valence electrons. The Kier molecular flexibility index (Phi) is 4.11. The summed E-state index contributed by atoms with van der Waals surface area (Å²) in [4.78, 5) is 12.1. The Hall–Kier alpha value is -1.95. The molecule has 7 heteroatoms. The predicted molar refractivity (Wildman–Crippen MR) is 79.2 cm³/mol. The molecule has 0 bridgehead atoms. The summed E-state index contributed by atoms with van der Waals surface area (Å²) in [5.41, 5.74) is 0.740. The lowest BCUT2D eigenvalue weighted by molar-refractivity contribution is -0.117. The first-order chi connectivity index (χ1) is 10.6. The number of para-hydroxylation sites is 1. The number of rotatable bonds is 5. The van der Waals surface area contributed by atoms with E-state index in [1.165, 1.54) is 4.68 Å². The molecule has 4 nitrogen and oxygen atoms in total. The van der Waals surface area contributed by atoms with Gasteiger partial charge in [-0.05, 0) is 25.0 Å². The van der Waals surface area contributed by atoms with E-state index in [0.717, 1.165) is 12.8 Å². The van der Waals surface area contributed by atoms with Crippen molar-refractivity contribution in [3.8, 4) is 0 Å². The summed E-state index contributed by atoms with van der Waals surface area (Å²) in [6.45, 7) is -0.132. The highest BCUT2D eigenvalue weighted by atomic mass is 35.5. The monoisotopic (exact) mass is 325 g/mol. The van der Waals surface area contributed by atoms with Gasteiger partial charge in [0.05, 0.1) is 10.7 Å². The van der Waals surface area contributed by atoms with Gasteiger partial charge in [-0.2, -0.15) is 5.10 Å². The van der Waals surface area contributed by atoms with Crippen molar-refractivity contribution in [2.75, 3.05) is 5.32 Å². The summed E-state index contributed by atoms with van der Waals surface area (Å²) >= 11 is 6.01. The van der Waals surface area contributed by atoms with Gasteiger partial charge in [0.2, 0.25) is 5.91 Å². The third kappa shape index (κ3) is 3.11. The van der Waals surface area contributed by atoms with Crippen LogP contribution in [0.1, 0.15) is 36.6 Å². The van der Waals surface area contributed by atoms with Gasteiger partial charge in [0, 0.05) is 11.6 Å². The van der Waals surface area contributed by atoms with E-state index in [2.05, 4.69) is 10.4 Å². The van der Waals surface area contributed by atoms with Gasteiger partial charge in [-0.1, -0.05) is 29.8 Å². The van der Waals surface area contributed by atoms with Crippen LogP contribution in [0.5, 0.6) is 0 Å². The fourth-order valence-corrected chi connectivity index (χ4v) is 2.71. The molecular formula is C15H14ClF2N3O. The number of benzene rings is 1. The van der Waals surface area contributed by atoms with Crippen molar-refractivity contribution in [3.05, 3.63) is 46.7 Å². The predicted octanol–water partition coefficient (Wildman–Crippen LogP) is 3.99. The zero-order valence-corrected chi connectivity index (χ0v) is 12.4. The van der Waals surface area contributed by atoms with Crippen molar-refractivity contribution in [1.29, 1.82) is 0 Å². The lowest BCUT2D eigenvalue weighted by Gasteiger charge is -2.08. The van der Waals surface area contributed by atoms with Crippen molar-refractivity contribution in [2.45, 2.75) is 31.7 Å². The molecule has 1 aromatic carbocycles. The molecule has 1 N–H and O–H groups in total. The molecule has 1 heterocycles. The van der Waals surface area contributed by atoms with E-state index in [4.69, 9.17) is 11.6 Å². The highest BCUT2D eigenvalue weighted by Crippen LogP contribution is 2.45. The fourth-order valence-electron chi connectivity index (χ4n) is 2.34. The average molecular weight is 326 g/mol. The minimum Gasteiger partial charge on any atom is -0.324 e. The molecule has 0 radical (unpaired) electrons. The number of halogens is 3. The van der Waals surface area contributed by atoms with Crippen LogP contribution in [0.15, 0.2) is 30.3 Å². The van der Waals surface area contributed by atoms with E-state index in [0.29, 0.717) is 11.4 Å². The first-order valence-corrected chi connectivity index (χ1v) is 7.33. The van der Waals surface area contributed by atoms with Crippen LogP contribution in [-0.2, 0) is 11.3 Å². The van der Waals surface area contributed by atoms with E-state index in [-0.39, 0.29) is 23.4 Å². The van der Waals surface area contributed by atoms with Crippen molar-refractivity contribution in [2.24, 2.45) is 0 Å². The molecule has 3 rings (SSSR count). The maximum Gasteiger partial charge on any atom is 0.283 e.